The second kappa shape index (κ2) is 4.87. The predicted octanol–water partition coefficient (Wildman–Crippen LogP) is 3.01. The molecule has 0 saturated carbocycles. The molecule has 2 nitrogen and oxygen atoms in total. The van der Waals surface area contributed by atoms with Gasteiger partial charge in [-0.25, -0.2) is 0 Å². The zero-order chi connectivity index (χ0) is 10.7. The maximum atomic E-state index is 9.69. The van der Waals surface area contributed by atoms with Gasteiger partial charge in [-0.15, -0.1) is 11.6 Å². The number of ether oxygens (including phenoxy) is 1. The van der Waals surface area contributed by atoms with Gasteiger partial charge in [0.2, 0.25) is 0 Å². The number of hydrogen-bond acceptors (Lipinski definition) is 2. The standard InChI is InChI=1S/C10H12Cl2O2/c1-6(11)10(13)8-4-3-7(14-2)5-9(8)12/h3-6,10,13H,1-2H3. The largest absolute Gasteiger partial charge is 0.497 e. The topological polar surface area (TPSA) is 29.5 Å². The molecule has 1 rings (SSSR count). The van der Waals surface area contributed by atoms with E-state index in [1.54, 1.807) is 32.2 Å². The van der Waals surface area contributed by atoms with E-state index < -0.39 is 6.10 Å². The molecule has 2 unspecified atom stereocenters. The van der Waals surface area contributed by atoms with Crippen LogP contribution in [-0.2, 0) is 0 Å². The molecular formula is C10H12Cl2O2. The monoisotopic (exact) mass is 234 g/mol. The minimum Gasteiger partial charge on any atom is -0.497 e. The molecule has 0 aliphatic heterocycles. The van der Waals surface area contributed by atoms with Crippen LogP contribution in [0.3, 0.4) is 0 Å². The van der Waals surface area contributed by atoms with Crippen LogP contribution in [0.4, 0.5) is 0 Å². The van der Waals surface area contributed by atoms with E-state index in [-0.39, 0.29) is 5.38 Å². The fourth-order valence-corrected chi connectivity index (χ4v) is 1.54. The average Bonchev–Trinajstić information content (AvgIpc) is 2.16. The molecule has 1 aromatic carbocycles. The molecule has 0 saturated heterocycles. The SMILES string of the molecule is COc1ccc(C(O)C(C)Cl)c(Cl)c1. The lowest BCUT2D eigenvalue weighted by Crippen LogP contribution is -2.08. The molecule has 0 bridgehead atoms. The maximum Gasteiger partial charge on any atom is 0.120 e. The molecule has 1 N–H and O–H groups in total. The van der Waals surface area contributed by atoms with E-state index in [1.807, 2.05) is 0 Å². The summed E-state index contributed by atoms with van der Waals surface area (Å²) in [5.41, 5.74) is 0.620. The molecule has 0 amide bonds. The van der Waals surface area contributed by atoms with Gasteiger partial charge in [0.1, 0.15) is 5.75 Å². The molecule has 2 atom stereocenters. The summed E-state index contributed by atoms with van der Waals surface area (Å²) in [6.07, 6.45) is -0.755. The molecule has 0 spiro atoms. The van der Waals surface area contributed by atoms with Gasteiger partial charge in [-0.2, -0.15) is 0 Å². The highest BCUT2D eigenvalue weighted by atomic mass is 35.5. The Morgan fingerprint density at radius 3 is 2.50 bits per heavy atom. The van der Waals surface area contributed by atoms with Crippen molar-refractivity contribution >= 4 is 23.2 Å². The zero-order valence-corrected chi connectivity index (χ0v) is 9.51. The Hall–Kier alpha value is -0.440. The maximum absolute atomic E-state index is 9.69. The lowest BCUT2D eigenvalue weighted by molar-refractivity contribution is 0.177. The van der Waals surface area contributed by atoms with Gasteiger partial charge < -0.3 is 9.84 Å². The van der Waals surface area contributed by atoms with Crippen LogP contribution in [0.5, 0.6) is 5.75 Å². The van der Waals surface area contributed by atoms with Crippen molar-refractivity contribution in [3.63, 3.8) is 0 Å². The molecular weight excluding hydrogens is 223 g/mol. The summed E-state index contributed by atoms with van der Waals surface area (Å²) >= 11 is 11.7. The summed E-state index contributed by atoms with van der Waals surface area (Å²) in [6, 6.07) is 5.10. The third-order valence-corrected chi connectivity index (χ3v) is 2.53. The third-order valence-electron chi connectivity index (χ3n) is 1.96. The Morgan fingerprint density at radius 2 is 2.07 bits per heavy atom. The van der Waals surface area contributed by atoms with Crippen LogP contribution in [0.25, 0.3) is 0 Å². The van der Waals surface area contributed by atoms with E-state index >= 15 is 0 Å². The number of hydrogen-bond donors (Lipinski definition) is 1. The van der Waals surface area contributed by atoms with E-state index in [1.165, 1.54) is 0 Å². The van der Waals surface area contributed by atoms with E-state index in [2.05, 4.69) is 0 Å². The first kappa shape index (κ1) is 11.6. The summed E-state index contributed by atoms with van der Waals surface area (Å²) < 4.78 is 4.99. The normalized spacial score (nSPS) is 14.9. The minimum absolute atomic E-state index is 0.374. The molecule has 0 aliphatic rings. The number of benzene rings is 1. The highest BCUT2D eigenvalue weighted by Gasteiger charge is 2.16. The zero-order valence-electron chi connectivity index (χ0n) is 8.00. The van der Waals surface area contributed by atoms with Crippen molar-refractivity contribution in [2.75, 3.05) is 7.11 Å². The molecule has 0 fully saturated rings. The number of aliphatic hydroxyl groups excluding tert-OH is 1. The van der Waals surface area contributed by atoms with Crippen molar-refractivity contribution in [3.05, 3.63) is 28.8 Å². The fraction of sp³-hybridized carbons (Fsp3) is 0.400. The number of halogens is 2. The molecule has 1 aromatic rings. The first-order valence-electron chi connectivity index (χ1n) is 4.22. The Kier molecular flexibility index (Phi) is 4.05. The number of methoxy groups -OCH3 is 1. The molecule has 4 heteroatoms. The predicted molar refractivity (Wildman–Crippen MR) is 58.3 cm³/mol. The van der Waals surface area contributed by atoms with Crippen LogP contribution < -0.4 is 4.74 Å². The molecule has 0 aliphatic carbocycles. The fourth-order valence-electron chi connectivity index (χ4n) is 1.12. The highest BCUT2D eigenvalue weighted by Crippen LogP contribution is 2.30. The Balaban J connectivity index is 2.99. The van der Waals surface area contributed by atoms with Gasteiger partial charge in [-0.3, -0.25) is 0 Å². The van der Waals surface area contributed by atoms with Gasteiger partial charge >= 0.3 is 0 Å². The van der Waals surface area contributed by atoms with Crippen LogP contribution in [-0.4, -0.2) is 17.6 Å². The van der Waals surface area contributed by atoms with Gasteiger partial charge in [0, 0.05) is 5.56 Å². The first-order valence-corrected chi connectivity index (χ1v) is 5.03. The average molecular weight is 235 g/mol. The molecule has 0 heterocycles. The smallest absolute Gasteiger partial charge is 0.120 e. The van der Waals surface area contributed by atoms with Crippen LogP contribution in [0.1, 0.15) is 18.6 Å². The van der Waals surface area contributed by atoms with Crippen molar-refractivity contribution in [2.45, 2.75) is 18.4 Å². The van der Waals surface area contributed by atoms with Crippen LogP contribution in [0, 0.1) is 0 Å². The molecule has 0 radical (unpaired) electrons. The van der Waals surface area contributed by atoms with Gasteiger partial charge in [0.05, 0.1) is 23.6 Å². The van der Waals surface area contributed by atoms with Crippen molar-refractivity contribution in [1.29, 1.82) is 0 Å². The lowest BCUT2D eigenvalue weighted by atomic mass is 10.1. The minimum atomic E-state index is -0.755. The van der Waals surface area contributed by atoms with Gasteiger partial charge in [0.15, 0.2) is 0 Å². The van der Waals surface area contributed by atoms with Crippen LogP contribution in [0.2, 0.25) is 5.02 Å². The van der Waals surface area contributed by atoms with Crippen LogP contribution in [0.15, 0.2) is 18.2 Å². The summed E-state index contributed by atoms with van der Waals surface area (Å²) in [5.74, 6) is 0.660. The van der Waals surface area contributed by atoms with Crippen molar-refractivity contribution in [3.8, 4) is 5.75 Å². The second-order valence-electron chi connectivity index (χ2n) is 3.01. The molecule has 14 heavy (non-hydrogen) atoms. The number of alkyl halides is 1. The lowest BCUT2D eigenvalue weighted by Gasteiger charge is -2.15. The summed E-state index contributed by atoms with van der Waals surface area (Å²) in [7, 11) is 1.56. The van der Waals surface area contributed by atoms with Crippen LogP contribution >= 0.6 is 23.2 Å². The Labute approximate surface area is 93.4 Å². The molecule has 0 aromatic heterocycles. The quantitative estimate of drug-likeness (QED) is 0.816. The number of aliphatic hydroxyl groups is 1. The van der Waals surface area contributed by atoms with E-state index in [0.29, 0.717) is 16.3 Å². The Bertz CT molecular complexity index is 313. The summed E-state index contributed by atoms with van der Waals surface area (Å²) in [5, 5.41) is 9.77. The third kappa shape index (κ3) is 2.53. The number of rotatable bonds is 3. The van der Waals surface area contributed by atoms with Crippen molar-refractivity contribution in [2.24, 2.45) is 0 Å². The first-order chi connectivity index (χ1) is 6.56. The van der Waals surface area contributed by atoms with Crippen molar-refractivity contribution in [1.82, 2.24) is 0 Å². The Morgan fingerprint density at radius 1 is 1.43 bits per heavy atom. The van der Waals surface area contributed by atoms with E-state index in [9.17, 15) is 5.11 Å². The second-order valence-corrected chi connectivity index (χ2v) is 4.11. The van der Waals surface area contributed by atoms with Gasteiger partial charge in [-0.05, 0) is 19.1 Å². The van der Waals surface area contributed by atoms with E-state index in [4.69, 9.17) is 27.9 Å². The summed E-state index contributed by atoms with van der Waals surface area (Å²) in [4.78, 5) is 0. The van der Waals surface area contributed by atoms with E-state index in [0.717, 1.165) is 0 Å². The summed E-state index contributed by atoms with van der Waals surface area (Å²) in [6.45, 7) is 1.72. The highest BCUT2D eigenvalue weighted by molar-refractivity contribution is 6.31. The van der Waals surface area contributed by atoms with Crippen molar-refractivity contribution < 1.29 is 9.84 Å². The van der Waals surface area contributed by atoms with Gasteiger partial charge in [-0.1, -0.05) is 17.7 Å². The molecule has 78 valence electrons. The van der Waals surface area contributed by atoms with Gasteiger partial charge in [0.25, 0.3) is 0 Å².